The van der Waals surface area contributed by atoms with Crippen LogP contribution in [0.15, 0.2) is 32.3 Å². The predicted octanol–water partition coefficient (Wildman–Crippen LogP) is 2.79. The Hall–Kier alpha value is -0.640. The molecule has 2 rings (SSSR count). The highest BCUT2D eigenvalue weighted by Crippen LogP contribution is 2.29. The van der Waals surface area contributed by atoms with E-state index in [4.69, 9.17) is 11.6 Å². The fourth-order valence-corrected chi connectivity index (χ4v) is 4.46. The maximum absolute atomic E-state index is 12.2. The first-order chi connectivity index (χ1) is 8.81. The van der Waals surface area contributed by atoms with Crippen molar-refractivity contribution in [3.05, 3.63) is 32.3 Å². The SMILES string of the molecule is Cn1nnc(Br)c1S(=O)(=O)Nc1ccc(Cl)cc1Br. The second kappa shape index (κ2) is 5.39. The quantitative estimate of drug-likeness (QED) is 0.813. The lowest BCUT2D eigenvalue weighted by atomic mass is 10.3. The van der Waals surface area contributed by atoms with Crippen molar-refractivity contribution in [3.8, 4) is 0 Å². The van der Waals surface area contributed by atoms with E-state index in [-0.39, 0.29) is 9.63 Å². The van der Waals surface area contributed by atoms with Gasteiger partial charge in [-0.25, -0.2) is 4.68 Å². The van der Waals surface area contributed by atoms with E-state index in [2.05, 4.69) is 46.9 Å². The van der Waals surface area contributed by atoms with Gasteiger partial charge in [0.15, 0.2) is 4.60 Å². The summed E-state index contributed by atoms with van der Waals surface area (Å²) in [5.41, 5.74) is 0.373. The Kier molecular flexibility index (Phi) is 4.19. The van der Waals surface area contributed by atoms with Crippen molar-refractivity contribution in [2.45, 2.75) is 5.03 Å². The number of hydrogen-bond acceptors (Lipinski definition) is 4. The van der Waals surface area contributed by atoms with Crippen LogP contribution in [0.1, 0.15) is 0 Å². The van der Waals surface area contributed by atoms with Gasteiger partial charge in [0, 0.05) is 16.5 Å². The lowest BCUT2D eigenvalue weighted by Gasteiger charge is -2.09. The van der Waals surface area contributed by atoms with E-state index < -0.39 is 10.0 Å². The average molecular weight is 431 g/mol. The van der Waals surface area contributed by atoms with Crippen LogP contribution in [0, 0.1) is 0 Å². The Morgan fingerprint density at radius 1 is 1.37 bits per heavy atom. The van der Waals surface area contributed by atoms with Crippen LogP contribution in [0.4, 0.5) is 5.69 Å². The lowest BCUT2D eigenvalue weighted by Crippen LogP contribution is -2.17. The molecule has 1 aromatic heterocycles. The number of sulfonamides is 1. The van der Waals surface area contributed by atoms with E-state index in [1.807, 2.05) is 0 Å². The van der Waals surface area contributed by atoms with Crippen LogP contribution in [0.25, 0.3) is 0 Å². The molecule has 0 saturated heterocycles. The summed E-state index contributed by atoms with van der Waals surface area (Å²) in [6.07, 6.45) is 0. The van der Waals surface area contributed by atoms with Crippen molar-refractivity contribution < 1.29 is 8.42 Å². The van der Waals surface area contributed by atoms with Crippen LogP contribution in [0.5, 0.6) is 0 Å². The molecule has 0 aliphatic heterocycles. The molecular weight excluding hydrogens is 423 g/mol. The van der Waals surface area contributed by atoms with Gasteiger partial charge in [0.25, 0.3) is 10.0 Å². The summed E-state index contributed by atoms with van der Waals surface area (Å²) >= 11 is 12.1. The van der Waals surface area contributed by atoms with Crippen molar-refractivity contribution in [2.24, 2.45) is 7.05 Å². The molecule has 0 spiro atoms. The number of nitrogens with zero attached hydrogens (tertiary/aromatic N) is 3. The van der Waals surface area contributed by atoms with Crippen LogP contribution < -0.4 is 4.72 Å². The van der Waals surface area contributed by atoms with Crippen molar-refractivity contribution in [2.75, 3.05) is 4.72 Å². The minimum Gasteiger partial charge on any atom is -0.277 e. The normalized spacial score (nSPS) is 11.6. The van der Waals surface area contributed by atoms with Gasteiger partial charge in [0.05, 0.1) is 5.69 Å². The summed E-state index contributed by atoms with van der Waals surface area (Å²) in [5.74, 6) is 0. The molecule has 1 aromatic carbocycles. The van der Waals surface area contributed by atoms with E-state index in [9.17, 15) is 8.42 Å². The number of hydrogen-bond donors (Lipinski definition) is 1. The molecule has 0 radical (unpaired) electrons. The highest BCUT2D eigenvalue weighted by atomic mass is 79.9. The number of benzene rings is 1. The highest BCUT2D eigenvalue weighted by molar-refractivity contribution is 9.10. The number of halogens is 3. The van der Waals surface area contributed by atoms with E-state index in [1.54, 1.807) is 18.2 Å². The standard InChI is InChI=1S/C9H7Br2ClN4O2S/c1-16-9(8(11)13-15-16)19(17,18)14-7-3-2-5(12)4-6(7)10/h2-4,14H,1H3. The largest absolute Gasteiger partial charge is 0.281 e. The zero-order valence-electron chi connectivity index (χ0n) is 9.43. The second-order valence-corrected chi connectivity index (χ2v) is 7.18. The minimum absolute atomic E-state index is 0.0608. The molecular formula is C9H7Br2ClN4O2S. The van der Waals surface area contributed by atoms with Gasteiger partial charge in [-0.3, -0.25) is 4.72 Å². The average Bonchev–Trinajstić information content (AvgIpc) is 2.63. The van der Waals surface area contributed by atoms with Crippen LogP contribution in [-0.2, 0) is 17.1 Å². The minimum atomic E-state index is -3.80. The van der Waals surface area contributed by atoms with Crippen molar-refractivity contribution in [3.63, 3.8) is 0 Å². The maximum atomic E-state index is 12.2. The highest BCUT2D eigenvalue weighted by Gasteiger charge is 2.24. The van der Waals surface area contributed by atoms with Gasteiger partial charge in [0.2, 0.25) is 5.03 Å². The Balaban J connectivity index is 2.42. The summed E-state index contributed by atoms with van der Waals surface area (Å²) < 4.78 is 28.8. The topological polar surface area (TPSA) is 76.9 Å². The number of nitrogens with one attached hydrogen (secondary N) is 1. The van der Waals surface area contributed by atoms with Gasteiger partial charge in [0.1, 0.15) is 0 Å². The Bertz CT molecular complexity index is 712. The van der Waals surface area contributed by atoms with Crippen LogP contribution >= 0.6 is 43.5 Å². The smallest absolute Gasteiger partial charge is 0.277 e. The molecule has 10 heteroatoms. The molecule has 0 fully saturated rings. The molecule has 0 aliphatic rings. The second-order valence-electron chi connectivity index (χ2n) is 3.54. The number of aryl methyl sites for hydroxylation is 1. The monoisotopic (exact) mass is 428 g/mol. The van der Waals surface area contributed by atoms with Gasteiger partial charge in [-0.15, -0.1) is 5.10 Å². The molecule has 2 aromatic rings. The number of anilines is 1. The summed E-state index contributed by atoms with van der Waals surface area (Å²) in [6, 6.07) is 4.73. The molecule has 0 amide bonds. The third kappa shape index (κ3) is 3.10. The molecule has 0 saturated carbocycles. The van der Waals surface area contributed by atoms with Crippen LogP contribution in [-0.4, -0.2) is 23.4 Å². The summed E-state index contributed by atoms with van der Waals surface area (Å²) in [6.45, 7) is 0. The Morgan fingerprint density at radius 2 is 2.05 bits per heavy atom. The molecule has 19 heavy (non-hydrogen) atoms. The van der Waals surface area contributed by atoms with E-state index >= 15 is 0 Å². The third-order valence-electron chi connectivity index (χ3n) is 2.17. The fraction of sp³-hybridized carbons (Fsp3) is 0.111. The zero-order valence-corrected chi connectivity index (χ0v) is 14.2. The summed E-state index contributed by atoms with van der Waals surface area (Å²) in [7, 11) is -2.31. The molecule has 102 valence electrons. The van der Waals surface area contributed by atoms with Crippen LogP contribution in [0.3, 0.4) is 0 Å². The first-order valence-corrected chi connectivity index (χ1v) is 8.29. The van der Waals surface area contributed by atoms with Crippen LogP contribution in [0.2, 0.25) is 5.02 Å². The van der Waals surface area contributed by atoms with E-state index in [0.717, 1.165) is 4.68 Å². The predicted molar refractivity (Wildman–Crippen MR) is 78.7 cm³/mol. The molecule has 0 aliphatic carbocycles. The zero-order chi connectivity index (χ0) is 14.2. The van der Waals surface area contributed by atoms with Gasteiger partial charge >= 0.3 is 0 Å². The number of rotatable bonds is 3. The fourth-order valence-electron chi connectivity index (χ4n) is 1.37. The van der Waals surface area contributed by atoms with Crippen molar-refractivity contribution in [1.82, 2.24) is 15.0 Å². The number of aromatic nitrogens is 3. The molecule has 0 atom stereocenters. The van der Waals surface area contributed by atoms with Gasteiger partial charge in [-0.1, -0.05) is 16.8 Å². The molecule has 0 unspecified atom stereocenters. The Morgan fingerprint density at radius 3 is 2.58 bits per heavy atom. The molecule has 1 heterocycles. The van der Waals surface area contributed by atoms with Gasteiger partial charge in [-0.05, 0) is 50.1 Å². The summed E-state index contributed by atoms with van der Waals surface area (Å²) in [4.78, 5) is 0. The maximum Gasteiger partial charge on any atom is 0.281 e. The van der Waals surface area contributed by atoms with Crippen molar-refractivity contribution in [1.29, 1.82) is 0 Å². The Labute approximate surface area is 131 Å². The molecule has 0 bridgehead atoms. The molecule has 6 nitrogen and oxygen atoms in total. The van der Waals surface area contributed by atoms with Gasteiger partial charge < -0.3 is 0 Å². The molecule has 1 N–H and O–H groups in total. The summed E-state index contributed by atoms with van der Waals surface area (Å²) in [5, 5.41) is 7.70. The van der Waals surface area contributed by atoms with E-state index in [1.165, 1.54) is 7.05 Å². The first kappa shape index (κ1) is 14.8. The first-order valence-electron chi connectivity index (χ1n) is 4.84. The van der Waals surface area contributed by atoms with E-state index in [0.29, 0.717) is 15.2 Å². The van der Waals surface area contributed by atoms with Gasteiger partial charge in [-0.2, -0.15) is 8.42 Å². The van der Waals surface area contributed by atoms with Crippen molar-refractivity contribution >= 4 is 59.2 Å². The third-order valence-corrected chi connectivity index (χ3v) is 5.31. The lowest BCUT2D eigenvalue weighted by molar-refractivity contribution is 0.578.